The highest BCUT2D eigenvalue weighted by molar-refractivity contribution is 5.79. The van der Waals surface area contributed by atoms with Gasteiger partial charge in [0.1, 0.15) is 0 Å². The van der Waals surface area contributed by atoms with Crippen molar-refractivity contribution in [2.75, 3.05) is 6.54 Å². The number of rotatable bonds is 6. The third-order valence-electron chi connectivity index (χ3n) is 2.84. The second-order valence-corrected chi connectivity index (χ2v) is 4.58. The molecule has 0 fully saturated rings. The average Bonchev–Trinajstić information content (AvgIpc) is 2.43. The minimum absolute atomic E-state index is 0.241. The third-order valence-corrected chi connectivity index (χ3v) is 2.84. The van der Waals surface area contributed by atoms with Gasteiger partial charge in [0.05, 0.1) is 18.8 Å². The standard InChI is InChI=1S/C13H19N3O4/c1-3-9-5-4-6-14-10(9)7-15-12(19)16-8-13(2,20)11(17)18/h4-6,20H,3,7-8H2,1-2H3,(H,17,18)(H2,15,16,19). The highest BCUT2D eigenvalue weighted by Crippen LogP contribution is 2.05. The Morgan fingerprint density at radius 2 is 2.10 bits per heavy atom. The zero-order chi connectivity index (χ0) is 15.2. The molecule has 1 heterocycles. The number of aromatic nitrogens is 1. The van der Waals surface area contributed by atoms with Crippen LogP contribution in [-0.4, -0.2) is 39.3 Å². The fourth-order valence-corrected chi connectivity index (χ4v) is 1.51. The van der Waals surface area contributed by atoms with Crippen LogP contribution in [0.2, 0.25) is 0 Å². The van der Waals surface area contributed by atoms with E-state index in [1.165, 1.54) is 0 Å². The van der Waals surface area contributed by atoms with E-state index in [4.69, 9.17) is 5.11 Å². The zero-order valence-corrected chi connectivity index (χ0v) is 11.5. The lowest BCUT2D eigenvalue weighted by molar-refractivity contribution is -0.155. The van der Waals surface area contributed by atoms with Gasteiger partial charge in [0.15, 0.2) is 5.60 Å². The maximum Gasteiger partial charge on any atom is 0.337 e. The van der Waals surface area contributed by atoms with Gasteiger partial charge < -0.3 is 20.8 Å². The molecule has 0 aromatic carbocycles. The largest absolute Gasteiger partial charge is 0.479 e. The molecule has 0 aliphatic carbocycles. The smallest absolute Gasteiger partial charge is 0.337 e. The number of carboxylic acid groups (broad SMARTS) is 1. The molecule has 1 aromatic rings. The molecule has 7 nitrogen and oxygen atoms in total. The number of pyridine rings is 1. The summed E-state index contributed by atoms with van der Waals surface area (Å²) in [7, 11) is 0. The first-order valence-corrected chi connectivity index (χ1v) is 6.27. The Kier molecular flexibility index (Phi) is 5.45. The lowest BCUT2D eigenvalue weighted by Gasteiger charge is -2.18. The van der Waals surface area contributed by atoms with Crippen LogP contribution in [0.1, 0.15) is 25.1 Å². The number of nitrogens with one attached hydrogen (secondary N) is 2. The summed E-state index contributed by atoms with van der Waals surface area (Å²) in [6, 6.07) is 3.20. The second-order valence-electron chi connectivity index (χ2n) is 4.58. The molecule has 1 rings (SSSR count). The number of aliphatic carboxylic acids is 1. The summed E-state index contributed by atoms with van der Waals surface area (Å²) in [4.78, 5) is 26.4. The van der Waals surface area contributed by atoms with Gasteiger partial charge in [0, 0.05) is 6.20 Å². The van der Waals surface area contributed by atoms with E-state index in [2.05, 4.69) is 15.6 Å². The van der Waals surface area contributed by atoms with E-state index in [1.807, 2.05) is 19.1 Å². The maximum absolute atomic E-state index is 11.5. The number of amides is 2. The Morgan fingerprint density at radius 1 is 1.40 bits per heavy atom. The molecule has 0 saturated carbocycles. The van der Waals surface area contributed by atoms with Crippen LogP contribution < -0.4 is 10.6 Å². The number of carbonyl (C=O) groups is 2. The van der Waals surface area contributed by atoms with E-state index >= 15 is 0 Å². The first-order chi connectivity index (χ1) is 9.36. The van der Waals surface area contributed by atoms with E-state index in [9.17, 15) is 14.7 Å². The van der Waals surface area contributed by atoms with Crippen LogP contribution in [0.15, 0.2) is 18.3 Å². The number of aryl methyl sites for hydroxylation is 1. The first-order valence-electron chi connectivity index (χ1n) is 6.27. The van der Waals surface area contributed by atoms with Crippen LogP contribution in [0, 0.1) is 0 Å². The number of aliphatic hydroxyl groups is 1. The van der Waals surface area contributed by atoms with Crippen molar-refractivity contribution in [3.8, 4) is 0 Å². The topological polar surface area (TPSA) is 112 Å². The van der Waals surface area contributed by atoms with Crippen molar-refractivity contribution < 1.29 is 19.8 Å². The monoisotopic (exact) mass is 281 g/mol. The number of hydrogen-bond acceptors (Lipinski definition) is 4. The normalized spacial score (nSPS) is 13.3. The van der Waals surface area contributed by atoms with Crippen molar-refractivity contribution in [2.24, 2.45) is 0 Å². The number of carbonyl (C=O) groups excluding carboxylic acids is 1. The zero-order valence-electron chi connectivity index (χ0n) is 11.5. The summed E-state index contributed by atoms with van der Waals surface area (Å²) < 4.78 is 0. The van der Waals surface area contributed by atoms with Gasteiger partial charge in [-0.25, -0.2) is 9.59 Å². The minimum atomic E-state index is -1.99. The SMILES string of the molecule is CCc1cccnc1CNC(=O)NCC(C)(O)C(=O)O. The van der Waals surface area contributed by atoms with E-state index in [0.29, 0.717) is 0 Å². The van der Waals surface area contributed by atoms with Crippen LogP contribution in [0.25, 0.3) is 0 Å². The first kappa shape index (κ1) is 15.9. The minimum Gasteiger partial charge on any atom is -0.479 e. The predicted octanol–water partition coefficient (Wildman–Crippen LogP) is 0.279. The summed E-state index contributed by atoms with van der Waals surface area (Å²) in [5, 5.41) is 23.0. The fraction of sp³-hybridized carbons (Fsp3) is 0.462. The molecule has 0 saturated heterocycles. The van der Waals surface area contributed by atoms with Gasteiger partial charge in [0.2, 0.25) is 0 Å². The van der Waals surface area contributed by atoms with Crippen molar-refractivity contribution in [3.63, 3.8) is 0 Å². The van der Waals surface area contributed by atoms with Crippen molar-refractivity contribution in [1.82, 2.24) is 15.6 Å². The van der Waals surface area contributed by atoms with Gasteiger partial charge in [-0.15, -0.1) is 0 Å². The molecule has 7 heteroatoms. The van der Waals surface area contributed by atoms with E-state index in [-0.39, 0.29) is 13.1 Å². The fourth-order valence-electron chi connectivity index (χ4n) is 1.51. The third kappa shape index (κ3) is 4.51. The summed E-state index contributed by atoms with van der Waals surface area (Å²) >= 11 is 0. The Balaban J connectivity index is 2.46. The molecule has 4 N–H and O–H groups in total. The highest BCUT2D eigenvalue weighted by Gasteiger charge is 2.30. The van der Waals surface area contributed by atoms with Crippen LogP contribution in [0.4, 0.5) is 4.79 Å². The van der Waals surface area contributed by atoms with Crippen molar-refractivity contribution in [1.29, 1.82) is 0 Å². The summed E-state index contributed by atoms with van der Waals surface area (Å²) in [6.07, 6.45) is 2.45. The maximum atomic E-state index is 11.5. The predicted molar refractivity (Wildman–Crippen MR) is 72.1 cm³/mol. The lowest BCUT2D eigenvalue weighted by Crippen LogP contribution is -2.49. The van der Waals surface area contributed by atoms with E-state index in [1.54, 1.807) is 6.20 Å². The van der Waals surface area contributed by atoms with Crippen LogP contribution in [0.3, 0.4) is 0 Å². The van der Waals surface area contributed by atoms with Gasteiger partial charge >= 0.3 is 12.0 Å². The van der Waals surface area contributed by atoms with Gasteiger partial charge in [-0.1, -0.05) is 13.0 Å². The summed E-state index contributed by atoms with van der Waals surface area (Å²) in [6.45, 7) is 2.97. The van der Waals surface area contributed by atoms with Crippen LogP contribution in [-0.2, 0) is 17.8 Å². The molecule has 0 spiro atoms. The van der Waals surface area contributed by atoms with Crippen LogP contribution in [0.5, 0.6) is 0 Å². The summed E-state index contributed by atoms with van der Waals surface area (Å²) in [5.74, 6) is -1.39. The molecule has 110 valence electrons. The van der Waals surface area contributed by atoms with Crippen molar-refractivity contribution in [2.45, 2.75) is 32.4 Å². The molecule has 1 aromatic heterocycles. The molecule has 0 aliphatic heterocycles. The highest BCUT2D eigenvalue weighted by atomic mass is 16.4. The molecular formula is C13H19N3O4. The molecule has 0 aliphatic rings. The Bertz CT molecular complexity index is 488. The Morgan fingerprint density at radius 3 is 2.70 bits per heavy atom. The molecule has 1 atom stereocenters. The van der Waals surface area contributed by atoms with Gasteiger partial charge in [0.25, 0.3) is 0 Å². The van der Waals surface area contributed by atoms with Crippen molar-refractivity contribution in [3.05, 3.63) is 29.6 Å². The van der Waals surface area contributed by atoms with Gasteiger partial charge in [-0.05, 0) is 25.0 Å². The van der Waals surface area contributed by atoms with E-state index < -0.39 is 17.6 Å². The number of nitrogens with zero attached hydrogens (tertiary/aromatic N) is 1. The second kappa shape index (κ2) is 6.85. The van der Waals surface area contributed by atoms with Gasteiger partial charge in [-0.2, -0.15) is 0 Å². The molecule has 1 unspecified atom stereocenters. The molecular weight excluding hydrogens is 262 g/mol. The summed E-state index contributed by atoms with van der Waals surface area (Å²) in [5.41, 5.74) is -0.197. The Labute approximate surface area is 117 Å². The molecule has 0 radical (unpaired) electrons. The average molecular weight is 281 g/mol. The lowest BCUT2D eigenvalue weighted by atomic mass is 10.1. The molecule has 0 bridgehead atoms. The number of hydrogen-bond donors (Lipinski definition) is 4. The van der Waals surface area contributed by atoms with Gasteiger partial charge in [-0.3, -0.25) is 4.98 Å². The molecule has 20 heavy (non-hydrogen) atoms. The quantitative estimate of drug-likeness (QED) is 0.598. The number of urea groups is 1. The molecule has 2 amide bonds. The Hall–Kier alpha value is -2.15. The number of carboxylic acids is 1. The van der Waals surface area contributed by atoms with Crippen molar-refractivity contribution >= 4 is 12.0 Å². The van der Waals surface area contributed by atoms with E-state index in [0.717, 1.165) is 24.6 Å². The van der Waals surface area contributed by atoms with Crippen LogP contribution >= 0.6 is 0 Å².